The lowest BCUT2D eigenvalue weighted by Crippen LogP contribution is -2.25. The van der Waals surface area contributed by atoms with E-state index in [0.29, 0.717) is 23.3 Å². The fourth-order valence-electron chi connectivity index (χ4n) is 3.66. The summed E-state index contributed by atoms with van der Waals surface area (Å²) < 4.78 is 6.83. The number of nitrogens with zero attached hydrogens (tertiary/aromatic N) is 6. The molecule has 1 aliphatic heterocycles. The first kappa shape index (κ1) is 19.2. The zero-order valence-electron chi connectivity index (χ0n) is 16.6. The lowest BCUT2D eigenvalue weighted by Gasteiger charge is -2.22. The summed E-state index contributed by atoms with van der Waals surface area (Å²) in [5.41, 5.74) is 2.38. The minimum atomic E-state index is 0.502. The van der Waals surface area contributed by atoms with Gasteiger partial charge in [-0.15, -0.1) is 11.3 Å². The third-order valence-electron chi connectivity index (χ3n) is 5.18. The van der Waals surface area contributed by atoms with Crippen LogP contribution in [0.2, 0.25) is 5.02 Å². The van der Waals surface area contributed by atoms with Gasteiger partial charge in [0.05, 0.1) is 17.5 Å². The molecule has 10 heteroatoms. The van der Waals surface area contributed by atoms with E-state index in [4.69, 9.17) is 26.3 Å². The monoisotopic (exact) mass is 441 g/mol. The van der Waals surface area contributed by atoms with Crippen LogP contribution in [0.1, 0.15) is 16.0 Å². The van der Waals surface area contributed by atoms with Gasteiger partial charge in [-0.05, 0) is 36.7 Å². The number of rotatable bonds is 5. The molecule has 30 heavy (non-hydrogen) atoms. The lowest BCUT2D eigenvalue weighted by molar-refractivity contribution is 0.318. The molecule has 0 saturated carbocycles. The van der Waals surface area contributed by atoms with Crippen LogP contribution < -0.4 is 10.1 Å². The van der Waals surface area contributed by atoms with E-state index < -0.39 is 0 Å². The Morgan fingerprint density at radius 2 is 2.20 bits per heavy atom. The standard InChI is InChI=1S/C20H20ClN7OS/c1-27-6-5-13-16(9-27)30-19-17(13)18(25-20(26-19)28-11-22-10-24-28)23-8-12-3-4-15(29-2)14(21)7-12/h3-4,7,10-11H,5-6,8-9H2,1-2H3,(H,23,25,26). The molecule has 0 spiro atoms. The van der Waals surface area contributed by atoms with Crippen molar-refractivity contribution in [3.63, 3.8) is 0 Å². The van der Waals surface area contributed by atoms with E-state index in [2.05, 4.69) is 27.3 Å². The summed E-state index contributed by atoms with van der Waals surface area (Å²) in [6.45, 7) is 2.54. The van der Waals surface area contributed by atoms with Gasteiger partial charge in [-0.2, -0.15) is 19.7 Å². The molecule has 1 aromatic carbocycles. The molecule has 0 bridgehead atoms. The summed E-state index contributed by atoms with van der Waals surface area (Å²) >= 11 is 8.02. The van der Waals surface area contributed by atoms with Crippen molar-refractivity contribution in [2.24, 2.45) is 0 Å². The molecule has 0 unspecified atom stereocenters. The number of likely N-dealkylation sites (N-methyl/N-ethyl adjacent to an activating group) is 1. The van der Waals surface area contributed by atoms with E-state index in [0.717, 1.165) is 41.1 Å². The minimum Gasteiger partial charge on any atom is -0.495 e. The highest BCUT2D eigenvalue weighted by molar-refractivity contribution is 7.19. The third-order valence-corrected chi connectivity index (χ3v) is 6.59. The third kappa shape index (κ3) is 3.49. The molecule has 4 heterocycles. The van der Waals surface area contributed by atoms with Crippen LogP contribution in [0.15, 0.2) is 30.9 Å². The van der Waals surface area contributed by atoms with Crippen molar-refractivity contribution in [1.82, 2.24) is 29.6 Å². The van der Waals surface area contributed by atoms with Gasteiger partial charge in [0.1, 0.15) is 29.1 Å². The molecule has 1 aliphatic rings. The summed E-state index contributed by atoms with van der Waals surface area (Å²) in [4.78, 5) is 18.2. The van der Waals surface area contributed by atoms with Crippen molar-refractivity contribution in [2.45, 2.75) is 19.5 Å². The molecule has 0 fully saturated rings. The number of thiophene rings is 1. The Kier molecular flexibility index (Phi) is 5.01. The zero-order chi connectivity index (χ0) is 20.7. The van der Waals surface area contributed by atoms with Gasteiger partial charge in [0.15, 0.2) is 0 Å². The summed E-state index contributed by atoms with van der Waals surface area (Å²) in [5.74, 6) is 1.97. The molecule has 3 aromatic heterocycles. The molecule has 1 N–H and O–H groups in total. The Morgan fingerprint density at radius 3 is 2.97 bits per heavy atom. The molecule has 0 amide bonds. The fraction of sp³-hybridized carbons (Fsp3) is 0.300. The SMILES string of the molecule is COc1ccc(CNc2nc(-n3cncn3)nc3sc4c(c23)CCN(C)C4)cc1Cl. The molecule has 0 saturated heterocycles. The second-order valence-electron chi connectivity index (χ2n) is 7.21. The average Bonchev–Trinajstić information content (AvgIpc) is 3.39. The van der Waals surface area contributed by atoms with E-state index in [1.807, 2.05) is 18.2 Å². The van der Waals surface area contributed by atoms with Gasteiger partial charge in [-0.1, -0.05) is 17.7 Å². The first-order valence-electron chi connectivity index (χ1n) is 9.54. The van der Waals surface area contributed by atoms with Gasteiger partial charge in [0.25, 0.3) is 5.95 Å². The normalized spacial score (nSPS) is 14.1. The topological polar surface area (TPSA) is 81.0 Å². The van der Waals surface area contributed by atoms with Gasteiger partial charge in [0, 0.05) is 24.5 Å². The number of aromatic nitrogens is 5. The largest absolute Gasteiger partial charge is 0.495 e. The summed E-state index contributed by atoms with van der Waals surface area (Å²) in [6, 6.07) is 5.77. The highest BCUT2D eigenvalue weighted by Gasteiger charge is 2.23. The van der Waals surface area contributed by atoms with Crippen molar-refractivity contribution in [3.05, 3.63) is 51.9 Å². The van der Waals surface area contributed by atoms with Crippen LogP contribution in [0, 0.1) is 0 Å². The summed E-state index contributed by atoms with van der Waals surface area (Å²) in [5, 5.41) is 9.38. The molecular formula is C20H20ClN7OS. The van der Waals surface area contributed by atoms with E-state index in [-0.39, 0.29) is 0 Å². The Hall–Kier alpha value is -2.75. The van der Waals surface area contributed by atoms with Gasteiger partial charge < -0.3 is 15.0 Å². The van der Waals surface area contributed by atoms with Crippen LogP contribution in [0.25, 0.3) is 16.2 Å². The molecule has 5 rings (SSSR count). The smallest absolute Gasteiger partial charge is 0.255 e. The van der Waals surface area contributed by atoms with E-state index in [1.165, 1.54) is 16.8 Å². The molecule has 4 aromatic rings. The maximum atomic E-state index is 6.29. The average molecular weight is 442 g/mol. The number of nitrogens with one attached hydrogen (secondary N) is 1. The Bertz CT molecular complexity index is 1210. The van der Waals surface area contributed by atoms with Crippen LogP contribution in [-0.2, 0) is 19.5 Å². The molecule has 8 nitrogen and oxygen atoms in total. The number of ether oxygens (including phenoxy) is 1. The fourth-order valence-corrected chi connectivity index (χ4v) is 5.23. The second kappa shape index (κ2) is 7.82. The highest BCUT2D eigenvalue weighted by atomic mass is 35.5. The number of hydrogen-bond donors (Lipinski definition) is 1. The number of anilines is 1. The maximum absolute atomic E-state index is 6.29. The van der Waals surface area contributed by atoms with Crippen LogP contribution in [0.3, 0.4) is 0 Å². The van der Waals surface area contributed by atoms with E-state index in [1.54, 1.807) is 29.5 Å². The highest BCUT2D eigenvalue weighted by Crippen LogP contribution is 2.38. The first-order valence-corrected chi connectivity index (χ1v) is 10.7. The van der Waals surface area contributed by atoms with Gasteiger partial charge >= 0.3 is 0 Å². The Balaban J connectivity index is 1.55. The maximum Gasteiger partial charge on any atom is 0.255 e. The van der Waals surface area contributed by atoms with Gasteiger partial charge in [0.2, 0.25) is 0 Å². The van der Waals surface area contributed by atoms with Crippen LogP contribution >= 0.6 is 22.9 Å². The van der Waals surface area contributed by atoms with Crippen molar-refractivity contribution >= 4 is 39.0 Å². The summed E-state index contributed by atoms with van der Waals surface area (Å²) in [7, 11) is 3.76. The first-order chi connectivity index (χ1) is 14.6. The predicted molar refractivity (Wildman–Crippen MR) is 118 cm³/mol. The number of benzene rings is 1. The molecule has 0 aliphatic carbocycles. The number of halogens is 1. The van der Waals surface area contributed by atoms with Gasteiger partial charge in [-0.3, -0.25) is 0 Å². The van der Waals surface area contributed by atoms with Crippen LogP contribution in [0.4, 0.5) is 5.82 Å². The van der Waals surface area contributed by atoms with Crippen LogP contribution in [-0.4, -0.2) is 50.3 Å². The number of fused-ring (bicyclic) bond motifs is 3. The van der Waals surface area contributed by atoms with Crippen LogP contribution in [0.5, 0.6) is 5.75 Å². The lowest BCUT2D eigenvalue weighted by atomic mass is 10.1. The Labute approximate surface area is 182 Å². The van der Waals surface area contributed by atoms with Crippen molar-refractivity contribution in [3.8, 4) is 11.7 Å². The molecule has 0 radical (unpaired) electrons. The summed E-state index contributed by atoms with van der Waals surface area (Å²) in [6.07, 6.45) is 4.07. The molecule has 154 valence electrons. The van der Waals surface area contributed by atoms with Gasteiger partial charge in [-0.25, -0.2) is 4.98 Å². The number of methoxy groups -OCH3 is 1. The second-order valence-corrected chi connectivity index (χ2v) is 8.70. The number of hydrogen-bond acceptors (Lipinski definition) is 8. The quantitative estimate of drug-likeness (QED) is 0.507. The predicted octanol–water partition coefficient (Wildman–Crippen LogP) is 3.53. The van der Waals surface area contributed by atoms with Crippen molar-refractivity contribution < 1.29 is 4.74 Å². The molecular weight excluding hydrogens is 422 g/mol. The van der Waals surface area contributed by atoms with Crippen molar-refractivity contribution in [2.75, 3.05) is 26.0 Å². The van der Waals surface area contributed by atoms with Crippen molar-refractivity contribution in [1.29, 1.82) is 0 Å². The van der Waals surface area contributed by atoms with E-state index >= 15 is 0 Å². The van der Waals surface area contributed by atoms with E-state index in [9.17, 15) is 0 Å². The Morgan fingerprint density at radius 1 is 1.30 bits per heavy atom. The minimum absolute atomic E-state index is 0.502. The molecule has 0 atom stereocenters. The zero-order valence-corrected chi connectivity index (χ0v) is 18.2.